The van der Waals surface area contributed by atoms with Gasteiger partial charge in [-0.1, -0.05) is 12.1 Å². The quantitative estimate of drug-likeness (QED) is 0.915. The van der Waals surface area contributed by atoms with E-state index in [9.17, 15) is 4.39 Å². The molecule has 1 aromatic carbocycles. The maximum Gasteiger partial charge on any atom is 0.167 e. The number of benzene rings is 1. The third kappa shape index (κ3) is 2.71. The predicted molar refractivity (Wildman–Crippen MR) is 72.5 cm³/mol. The fourth-order valence-corrected chi connectivity index (χ4v) is 2.45. The van der Waals surface area contributed by atoms with E-state index < -0.39 is 0 Å². The zero-order chi connectivity index (χ0) is 13.1. The summed E-state index contributed by atoms with van der Waals surface area (Å²) < 4.78 is 19.6. The van der Waals surface area contributed by atoms with Crippen molar-refractivity contribution in [2.75, 3.05) is 0 Å². The average molecular weight is 265 g/mol. The first-order valence-corrected chi connectivity index (χ1v) is 6.73. The lowest BCUT2D eigenvalue weighted by Crippen LogP contribution is -2.29. The molecule has 4 heteroatoms. The molecule has 96 valence electrons. The van der Waals surface area contributed by atoms with Crippen molar-refractivity contribution in [3.63, 3.8) is 0 Å². The number of halogens is 1. The van der Waals surface area contributed by atoms with E-state index in [1.165, 1.54) is 0 Å². The number of hydrogen-bond donors (Lipinski definition) is 1. The minimum atomic E-state index is -0.326. The average Bonchev–Trinajstić information content (AvgIpc) is 2.84. The van der Waals surface area contributed by atoms with Gasteiger partial charge in [-0.25, -0.2) is 4.39 Å². The van der Waals surface area contributed by atoms with Gasteiger partial charge in [0.25, 0.3) is 0 Å². The number of thiophene rings is 1. The van der Waals surface area contributed by atoms with Gasteiger partial charge in [0.1, 0.15) is 6.10 Å². The first kappa shape index (κ1) is 13.1. The summed E-state index contributed by atoms with van der Waals surface area (Å²) in [5, 5.41) is 3.93. The molecule has 1 aromatic heterocycles. The maximum absolute atomic E-state index is 13.9. The van der Waals surface area contributed by atoms with Gasteiger partial charge in [0.15, 0.2) is 11.6 Å². The molecule has 0 amide bonds. The lowest BCUT2D eigenvalue weighted by atomic mass is 10.1. The lowest BCUT2D eigenvalue weighted by molar-refractivity contribution is 0.173. The van der Waals surface area contributed by atoms with Crippen molar-refractivity contribution >= 4 is 11.3 Å². The fraction of sp³-hybridized carbons (Fsp3) is 0.286. The number of hydrogen-bond acceptors (Lipinski definition) is 3. The molecule has 0 aliphatic rings. The Kier molecular flexibility index (Phi) is 3.99. The smallest absolute Gasteiger partial charge is 0.167 e. The number of ether oxygens (including phenoxy) is 1. The minimum absolute atomic E-state index is 0.209. The molecule has 18 heavy (non-hydrogen) atoms. The van der Waals surface area contributed by atoms with Gasteiger partial charge in [0.2, 0.25) is 0 Å². The van der Waals surface area contributed by atoms with Crippen molar-refractivity contribution in [2.45, 2.75) is 26.0 Å². The van der Waals surface area contributed by atoms with Gasteiger partial charge in [0, 0.05) is 11.6 Å². The first-order chi connectivity index (χ1) is 8.59. The van der Waals surface area contributed by atoms with Crippen LogP contribution < -0.4 is 10.5 Å². The van der Waals surface area contributed by atoms with Crippen molar-refractivity contribution in [3.05, 3.63) is 52.0 Å². The zero-order valence-electron chi connectivity index (χ0n) is 10.4. The van der Waals surface area contributed by atoms with Crippen LogP contribution in [0.1, 0.15) is 24.2 Å². The fourth-order valence-electron chi connectivity index (χ4n) is 1.76. The van der Waals surface area contributed by atoms with E-state index >= 15 is 0 Å². The van der Waals surface area contributed by atoms with Crippen LogP contribution >= 0.6 is 11.3 Å². The predicted octanol–water partition coefficient (Wildman–Crippen LogP) is 3.66. The summed E-state index contributed by atoms with van der Waals surface area (Å²) in [7, 11) is 0. The minimum Gasteiger partial charge on any atom is -0.481 e. The molecule has 2 aromatic rings. The third-order valence-electron chi connectivity index (χ3n) is 2.76. The van der Waals surface area contributed by atoms with Gasteiger partial charge in [0.05, 0.1) is 0 Å². The van der Waals surface area contributed by atoms with Crippen molar-refractivity contribution in [2.24, 2.45) is 5.73 Å². The van der Waals surface area contributed by atoms with Crippen molar-refractivity contribution in [1.29, 1.82) is 0 Å². The molecule has 2 N–H and O–H groups in total. The SMILES string of the molecule is Cc1cccc(OC(c2ccsc2)C(C)N)c1F. The van der Waals surface area contributed by atoms with E-state index in [2.05, 4.69) is 0 Å². The molecule has 2 atom stereocenters. The monoisotopic (exact) mass is 265 g/mol. The van der Waals surface area contributed by atoms with Gasteiger partial charge in [-0.3, -0.25) is 0 Å². The van der Waals surface area contributed by atoms with Crippen molar-refractivity contribution < 1.29 is 9.13 Å². The highest BCUT2D eigenvalue weighted by Crippen LogP contribution is 2.28. The molecule has 0 radical (unpaired) electrons. The number of rotatable bonds is 4. The second-order valence-corrected chi connectivity index (χ2v) is 5.12. The zero-order valence-corrected chi connectivity index (χ0v) is 11.2. The van der Waals surface area contributed by atoms with Crippen LogP contribution in [0.4, 0.5) is 4.39 Å². The summed E-state index contributed by atoms with van der Waals surface area (Å²) in [6, 6.07) is 6.86. The van der Waals surface area contributed by atoms with Crippen LogP contribution in [0.3, 0.4) is 0 Å². The van der Waals surface area contributed by atoms with Gasteiger partial charge in [-0.05, 0) is 42.3 Å². The van der Waals surface area contributed by atoms with E-state index in [-0.39, 0.29) is 23.7 Å². The highest BCUT2D eigenvalue weighted by atomic mass is 32.1. The Hall–Kier alpha value is -1.39. The Morgan fingerprint density at radius 2 is 2.11 bits per heavy atom. The molecule has 0 saturated heterocycles. The normalized spacial score (nSPS) is 14.2. The lowest BCUT2D eigenvalue weighted by Gasteiger charge is -2.22. The topological polar surface area (TPSA) is 35.2 Å². The molecular weight excluding hydrogens is 249 g/mol. The van der Waals surface area contributed by atoms with Crippen LogP contribution in [0, 0.1) is 12.7 Å². The second-order valence-electron chi connectivity index (χ2n) is 4.34. The van der Waals surface area contributed by atoms with E-state index in [4.69, 9.17) is 10.5 Å². The van der Waals surface area contributed by atoms with E-state index in [1.54, 1.807) is 36.5 Å². The largest absolute Gasteiger partial charge is 0.481 e. The molecule has 0 saturated carbocycles. The van der Waals surface area contributed by atoms with E-state index in [0.717, 1.165) is 5.56 Å². The van der Waals surface area contributed by atoms with Gasteiger partial charge in [-0.2, -0.15) is 11.3 Å². The van der Waals surface area contributed by atoms with Crippen LogP contribution in [-0.2, 0) is 0 Å². The van der Waals surface area contributed by atoms with Gasteiger partial charge < -0.3 is 10.5 Å². The van der Waals surface area contributed by atoms with Crippen LogP contribution in [-0.4, -0.2) is 6.04 Å². The summed E-state index contributed by atoms with van der Waals surface area (Å²) in [6.07, 6.45) is -0.326. The molecule has 0 spiro atoms. The maximum atomic E-state index is 13.9. The molecule has 2 rings (SSSR count). The van der Waals surface area contributed by atoms with Gasteiger partial charge >= 0.3 is 0 Å². The molecule has 0 bridgehead atoms. The molecule has 2 unspecified atom stereocenters. The summed E-state index contributed by atoms with van der Waals surface area (Å²) in [5.41, 5.74) is 7.47. The van der Waals surface area contributed by atoms with Crippen LogP contribution in [0.2, 0.25) is 0 Å². The standard InChI is InChI=1S/C14H16FNOS/c1-9-4-3-5-12(13(9)15)17-14(10(2)16)11-6-7-18-8-11/h3-8,10,14H,16H2,1-2H3. The summed E-state index contributed by atoms with van der Waals surface area (Å²) in [5.74, 6) is -0.0677. The Morgan fingerprint density at radius 1 is 1.33 bits per heavy atom. The van der Waals surface area contributed by atoms with Crippen molar-refractivity contribution in [3.8, 4) is 5.75 Å². The highest BCUT2D eigenvalue weighted by Gasteiger charge is 2.20. The van der Waals surface area contributed by atoms with Crippen molar-refractivity contribution in [1.82, 2.24) is 0 Å². The summed E-state index contributed by atoms with van der Waals surface area (Å²) in [4.78, 5) is 0. The molecule has 2 nitrogen and oxygen atoms in total. The van der Waals surface area contributed by atoms with Crippen LogP contribution in [0.5, 0.6) is 5.75 Å². The summed E-state index contributed by atoms with van der Waals surface area (Å²) >= 11 is 1.57. The van der Waals surface area contributed by atoms with E-state index in [1.807, 2.05) is 23.8 Å². The Balaban J connectivity index is 2.27. The molecule has 0 fully saturated rings. The second kappa shape index (κ2) is 5.50. The molecule has 0 aliphatic heterocycles. The van der Waals surface area contributed by atoms with E-state index in [0.29, 0.717) is 5.56 Å². The highest BCUT2D eigenvalue weighted by molar-refractivity contribution is 7.07. The first-order valence-electron chi connectivity index (χ1n) is 5.79. The van der Waals surface area contributed by atoms with Gasteiger partial charge in [-0.15, -0.1) is 0 Å². The Labute approximate surface area is 110 Å². The third-order valence-corrected chi connectivity index (χ3v) is 3.46. The molecule has 0 aliphatic carbocycles. The number of aryl methyl sites for hydroxylation is 1. The molecular formula is C14H16FNOS. The Morgan fingerprint density at radius 3 is 2.72 bits per heavy atom. The number of nitrogens with two attached hydrogens (primary N) is 1. The Bertz CT molecular complexity index is 511. The van der Waals surface area contributed by atoms with Crippen LogP contribution in [0.25, 0.3) is 0 Å². The summed E-state index contributed by atoms with van der Waals surface area (Å²) in [6.45, 7) is 3.57. The van der Waals surface area contributed by atoms with Crippen LogP contribution in [0.15, 0.2) is 35.0 Å². The molecule has 1 heterocycles.